The van der Waals surface area contributed by atoms with E-state index in [1.165, 1.54) is 7.11 Å². The first-order chi connectivity index (χ1) is 14.1. The summed E-state index contributed by atoms with van der Waals surface area (Å²) in [6.45, 7) is 5.39. The van der Waals surface area contributed by atoms with E-state index in [1.807, 2.05) is 0 Å². The molecule has 0 radical (unpaired) electrons. The minimum atomic E-state index is -0.682. The number of ether oxygens (including phenoxy) is 3. The number of aliphatic hydroxyl groups excluding tert-OH is 1. The molecule has 0 aromatic heterocycles. The Hall–Kier alpha value is -1.74. The average molecular weight is 463 g/mol. The first-order valence-corrected chi connectivity index (χ1v) is 10.3. The molecule has 2 amide bonds. The van der Waals surface area contributed by atoms with Gasteiger partial charge < -0.3 is 29.5 Å². The van der Waals surface area contributed by atoms with Crippen molar-refractivity contribution >= 4 is 35.2 Å². The minimum absolute atomic E-state index is 0.000104. The van der Waals surface area contributed by atoms with Crippen LogP contribution < -0.4 is 10.1 Å². The Morgan fingerprint density at radius 1 is 1.30 bits per heavy atom. The van der Waals surface area contributed by atoms with Crippen LogP contribution in [0.4, 0.5) is 4.79 Å². The quantitative estimate of drug-likeness (QED) is 0.602. The van der Waals surface area contributed by atoms with Crippen LogP contribution in [-0.2, 0) is 14.3 Å². The Bertz CT molecular complexity index is 768. The molecule has 10 heteroatoms. The van der Waals surface area contributed by atoms with E-state index in [1.54, 1.807) is 37.8 Å². The van der Waals surface area contributed by atoms with Crippen molar-refractivity contribution in [2.24, 2.45) is 5.92 Å². The van der Waals surface area contributed by atoms with Crippen molar-refractivity contribution in [1.29, 1.82) is 0 Å². The Labute approximate surface area is 186 Å². The molecule has 1 fully saturated rings. The molecule has 0 spiro atoms. The van der Waals surface area contributed by atoms with E-state index < -0.39 is 30.3 Å². The highest BCUT2D eigenvalue weighted by atomic mass is 35.5. The summed E-state index contributed by atoms with van der Waals surface area (Å²) in [5.74, 6) is -0.111. The number of carbonyl (C=O) groups is 2. The summed E-state index contributed by atoms with van der Waals surface area (Å²) in [4.78, 5) is 26.0. The summed E-state index contributed by atoms with van der Waals surface area (Å²) in [5.41, 5.74) is -0.124. The van der Waals surface area contributed by atoms with Crippen LogP contribution >= 0.6 is 23.2 Å². The summed E-state index contributed by atoms with van der Waals surface area (Å²) < 4.78 is 16.2. The fourth-order valence-corrected chi connectivity index (χ4v) is 3.74. The second-order valence-corrected chi connectivity index (χ2v) is 8.82. The van der Waals surface area contributed by atoms with Crippen molar-refractivity contribution in [3.8, 4) is 5.75 Å². The Kier molecular flexibility index (Phi) is 8.61. The van der Waals surface area contributed by atoms with Crippen LogP contribution in [0.25, 0.3) is 0 Å². The number of halogens is 2. The number of amides is 2. The minimum Gasteiger partial charge on any atom is -0.467 e. The lowest BCUT2D eigenvalue weighted by molar-refractivity contribution is -0.123. The van der Waals surface area contributed by atoms with Crippen LogP contribution in [0.3, 0.4) is 0 Å². The Morgan fingerprint density at radius 3 is 2.60 bits per heavy atom. The molecule has 0 bridgehead atoms. The first kappa shape index (κ1) is 24.5. The van der Waals surface area contributed by atoms with Gasteiger partial charge in [-0.3, -0.25) is 4.79 Å². The first-order valence-electron chi connectivity index (χ1n) is 9.54. The van der Waals surface area contributed by atoms with Crippen LogP contribution in [-0.4, -0.2) is 61.2 Å². The highest BCUT2D eigenvalue weighted by Crippen LogP contribution is 2.45. The zero-order valence-electron chi connectivity index (χ0n) is 17.5. The monoisotopic (exact) mass is 462 g/mol. The maximum absolute atomic E-state index is 12.9. The van der Waals surface area contributed by atoms with Gasteiger partial charge >= 0.3 is 6.09 Å². The zero-order chi connectivity index (χ0) is 22.5. The molecule has 1 saturated heterocycles. The number of carbonyl (C=O) groups excluding carboxylic acids is 2. The number of rotatable bonds is 7. The van der Waals surface area contributed by atoms with Gasteiger partial charge in [0.05, 0.1) is 16.1 Å². The van der Waals surface area contributed by atoms with Crippen molar-refractivity contribution < 1.29 is 28.9 Å². The van der Waals surface area contributed by atoms with Gasteiger partial charge in [0.1, 0.15) is 18.0 Å². The number of methoxy groups -OCH3 is 1. The number of hydrogen-bond acceptors (Lipinski definition) is 6. The van der Waals surface area contributed by atoms with E-state index in [4.69, 9.17) is 42.5 Å². The van der Waals surface area contributed by atoms with Crippen molar-refractivity contribution in [3.05, 3.63) is 27.7 Å². The van der Waals surface area contributed by atoms with Gasteiger partial charge in [-0.25, -0.2) is 4.79 Å². The van der Waals surface area contributed by atoms with E-state index in [2.05, 4.69) is 5.32 Å². The Balaban J connectivity index is 2.38. The second kappa shape index (κ2) is 10.5. The van der Waals surface area contributed by atoms with Gasteiger partial charge in [-0.1, -0.05) is 23.2 Å². The third-order valence-corrected chi connectivity index (χ3v) is 5.32. The third-order valence-electron chi connectivity index (χ3n) is 4.51. The van der Waals surface area contributed by atoms with E-state index in [9.17, 15) is 9.59 Å². The molecule has 168 valence electrons. The van der Waals surface area contributed by atoms with Crippen molar-refractivity contribution in [2.45, 2.75) is 38.8 Å². The summed E-state index contributed by atoms with van der Waals surface area (Å²) in [7, 11) is 1.50. The van der Waals surface area contributed by atoms with E-state index >= 15 is 0 Å². The molecule has 30 heavy (non-hydrogen) atoms. The normalized spacial score (nSPS) is 19.0. The van der Waals surface area contributed by atoms with Crippen LogP contribution in [0.1, 0.15) is 38.8 Å². The molecule has 0 unspecified atom stereocenters. The van der Waals surface area contributed by atoms with Crippen molar-refractivity contribution in [1.82, 2.24) is 10.2 Å². The van der Waals surface area contributed by atoms with Crippen molar-refractivity contribution in [2.75, 3.05) is 33.6 Å². The number of nitrogens with zero attached hydrogens (tertiary/aromatic N) is 1. The maximum Gasteiger partial charge on any atom is 0.410 e. The molecule has 2 N–H and O–H groups in total. The van der Waals surface area contributed by atoms with Crippen LogP contribution in [0.5, 0.6) is 5.75 Å². The molecule has 1 aliphatic heterocycles. The van der Waals surface area contributed by atoms with Crippen LogP contribution in [0.2, 0.25) is 10.0 Å². The zero-order valence-corrected chi connectivity index (χ0v) is 19.0. The predicted octanol–water partition coefficient (Wildman–Crippen LogP) is 3.38. The third kappa shape index (κ3) is 6.38. The van der Waals surface area contributed by atoms with Gasteiger partial charge in [-0.2, -0.15) is 0 Å². The number of hydrogen-bond donors (Lipinski definition) is 2. The highest BCUT2D eigenvalue weighted by molar-refractivity contribution is 6.42. The summed E-state index contributed by atoms with van der Waals surface area (Å²) >= 11 is 12.8. The second-order valence-electron chi connectivity index (χ2n) is 8.04. The smallest absolute Gasteiger partial charge is 0.410 e. The molecular formula is C20H28Cl2N2O6. The molecule has 1 heterocycles. The standard InChI is InChI=1S/C20H28Cl2N2O6/c1-20(2,3)30-19(27)24-9-12(8-23-16(26)10-25)7-14(24)17-15(29-11-28-4)6-5-13(21)18(17)22/h5-6,12,14,25H,7-11H2,1-4H3,(H,23,26)/t12-,14+/m0/s1. The molecule has 1 aliphatic rings. The molecule has 0 saturated carbocycles. The Morgan fingerprint density at radius 2 is 2.00 bits per heavy atom. The lowest BCUT2D eigenvalue weighted by Gasteiger charge is -2.30. The number of benzene rings is 1. The maximum atomic E-state index is 12.9. The van der Waals surface area contributed by atoms with Crippen LogP contribution in [0.15, 0.2) is 12.1 Å². The topological polar surface area (TPSA) is 97.3 Å². The van der Waals surface area contributed by atoms with Gasteiger partial charge in [-0.15, -0.1) is 0 Å². The van der Waals surface area contributed by atoms with Crippen LogP contribution in [0, 0.1) is 5.92 Å². The fraction of sp³-hybridized carbons (Fsp3) is 0.600. The molecule has 8 nitrogen and oxygen atoms in total. The van der Waals surface area contributed by atoms with Crippen molar-refractivity contribution in [3.63, 3.8) is 0 Å². The molecule has 2 atom stereocenters. The average Bonchev–Trinajstić information content (AvgIpc) is 3.09. The van der Waals surface area contributed by atoms with Gasteiger partial charge in [0.25, 0.3) is 0 Å². The SMILES string of the molecule is COCOc1ccc(Cl)c(Cl)c1[C@H]1C[C@@H](CNC(=O)CO)CN1C(=O)OC(C)(C)C. The summed E-state index contributed by atoms with van der Waals surface area (Å²) in [6.07, 6.45) is -0.00817. The summed E-state index contributed by atoms with van der Waals surface area (Å²) in [5, 5.41) is 12.2. The van der Waals surface area contributed by atoms with Gasteiger partial charge in [-0.05, 0) is 45.2 Å². The fourth-order valence-electron chi connectivity index (χ4n) is 3.29. The number of nitrogens with one attached hydrogen (secondary N) is 1. The molecule has 2 rings (SSSR count). The molecular weight excluding hydrogens is 435 g/mol. The van der Waals surface area contributed by atoms with Gasteiger partial charge in [0, 0.05) is 25.8 Å². The highest BCUT2D eigenvalue weighted by Gasteiger charge is 2.41. The molecule has 0 aliphatic carbocycles. The molecule has 1 aromatic carbocycles. The molecule has 1 aromatic rings. The summed E-state index contributed by atoms with van der Waals surface area (Å²) in [6, 6.07) is 2.81. The number of aliphatic hydroxyl groups is 1. The largest absolute Gasteiger partial charge is 0.467 e. The lowest BCUT2D eigenvalue weighted by atomic mass is 9.98. The lowest BCUT2D eigenvalue weighted by Crippen LogP contribution is -2.38. The van der Waals surface area contributed by atoms with Gasteiger partial charge in [0.2, 0.25) is 5.91 Å². The predicted molar refractivity (Wildman–Crippen MR) is 113 cm³/mol. The number of likely N-dealkylation sites (tertiary alicyclic amines) is 1. The van der Waals surface area contributed by atoms with E-state index in [-0.39, 0.29) is 17.7 Å². The van der Waals surface area contributed by atoms with Gasteiger partial charge in [0.15, 0.2) is 6.79 Å². The van der Waals surface area contributed by atoms with E-state index in [0.29, 0.717) is 35.8 Å². The van der Waals surface area contributed by atoms with E-state index in [0.717, 1.165) is 0 Å².